The van der Waals surface area contributed by atoms with E-state index in [1.165, 1.54) is 11.1 Å². The largest absolute Gasteiger partial charge is 0.392 e. The number of nitrogens with two attached hydrogens (primary N) is 1. The number of rotatable bonds is 4. The summed E-state index contributed by atoms with van der Waals surface area (Å²) in [6, 6.07) is 15.9. The minimum absolute atomic E-state index is 0.0425. The highest BCUT2D eigenvalue weighted by atomic mass is 16.3. The highest BCUT2D eigenvalue weighted by Gasteiger charge is 2.46. The minimum Gasteiger partial charge on any atom is -0.392 e. The van der Waals surface area contributed by atoms with Crippen molar-refractivity contribution in [2.75, 3.05) is 18.0 Å². The summed E-state index contributed by atoms with van der Waals surface area (Å²) in [6.07, 6.45) is 2.89. The summed E-state index contributed by atoms with van der Waals surface area (Å²) in [4.78, 5) is 23.0. The Bertz CT molecular complexity index is 1500. The second-order valence-corrected chi connectivity index (χ2v) is 9.73. The van der Waals surface area contributed by atoms with E-state index in [1.54, 1.807) is 0 Å². The molecule has 1 aliphatic heterocycles. The first kappa shape index (κ1) is 21.8. The normalized spacial score (nSPS) is 18.8. The van der Waals surface area contributed by atoms with Gasteiger partial charge in [0.2, 0.25) is 5.95 Å². The Kier molecular flexibility index (Phi) is 5.09. The molecule has 178 valence electrons. The van der Waals surface area contributed by atoms with Crippen molar-refractivity contribution in [3.63, 3.8) is 0 Å². The third-order valence-corrected chi connectivity index (χ3v) is 7.81. The molecule has 3 heterocycles. The van der Waals surface area contributed by atoms with Crippen LogP contribution in [0.2, 0.25) is 0 Å². The van der Waals surface area contributed by atoms with Crippen molar-refractivity contribution >= 4 is 22.6 Å². The van der Waals surface area contributed by atoms with Gasteiger partial charge in [-0.2, -0.15) is 10.1 Å². The summed E-state index contributed by atoms with van der Waals surface area (Å²) >= 11 is 0. The Morgan fingerprint density at radius 1 is 1.20 bits per heavy atom. The number of hydrogen-bond donors (Lipinski definition) is 4. The van der Waals surface area contributed by atoms with Crippen molar-refractivity contribution in [2.24, 2.45) is 11.1 Å². The first-order chi connectivity index (χ1) is 17.0. The quantitative estimate of drug-likeness (QED) is 0.365. The third kappa shape index (κ3) is 3.48. The van der Waals surface area contributed by atoms with Gasteiger partial charge in [0.25, 0.3) is 5.56 Å². The molecule has 1 spiro atoms. The molecule has 0 unspecified atom stereocenters. The van der Waals surface area contributed by atoms with Crippen LogP contribution in [0.25, 0.3) is 16.6 Å². The molecular weight excluding hydrogens is 440 g/mol. The summed E-state index contributed by atoms with van der Waals surface area (Å²) in [5, 5.41) is 17.1. The Balaban J connectivity index is 1.25. The molecule has 1 saturated heterocycles. The number of benzene rings is 2. The average molecular weight is 469 g/mol. The minimum atomic E-state index is -0.251. The van der Waals surface area contributed by atoms with E-state index < -0.39 is 0 Å². The second-order valence-electron chi connectivity index (χ2n) is 9.73. The van der Waals surface area contributed by atoms with Gasteiger partial charge in [0.1, 0.15) is 11.1 Å². The highest BCUT2D eigenvalue weighted by molar-refractivity contribution is 5.92. The molecule has 0 radical (unpaired) electrons. The van der Waals surface area contributed by atoms with Gasteiger partial charge in [0.05, 0.1) is 6.61 Å². The zero-order valence-corrected chi connectivity index (χ0v) is 19.4. The first-order valence-electron chi connectivity index (χ1n) is 12.0. The molecule has 2 aromatic heterocycles. The predicted octanol–water partition coefficient (Wildman–Crippen LogP) is 3.04. The maximum Gasteiger partial charge on any atom is 0.264 e. The van der Waals surface area contributed by atoms with Crippen LogP contribution in [0.3, 0.4) is 0 Å². The maximum absolute atomic E-state index is 13.2. The number of aromatic nitrogens is 4. The second kappa shape index (κ2) is 8.18. The molecule has 6 rings (SSSR count). The van der Waals surface area contributed by atoms with Crippen molar-refractivity contribution < 1.29 is 5.11 Å². The molecule has 8 heteroatoms. The van der Waals surface area contributed by atoms with Crippen LogP contribution in [0.4, 0.5) is 5.95 Å². The Morgan fingerprint density at radius 3 is 2.77 bits per heavy atom. The van der Waals surface area contributed by atoms with Crippen LogP contribution in [0.5, 0.6) is 0 Å². The fourth-order valence-corrected chi connectivity index (χ4v) is 5.76. The molecule has 0 saturated carbocycles. The van der Waals surface area contributed by atoms with Crippen molar-refractivity contribution in [1.82, 2.24) is 20.2 Å². The van der Waals surface area contributed by atoms with Crippen LogP contribution in [-0.2, 0) is 13.0 Å². The molecular formula is C27H28N6O2. The van der Waals surface area contributed by atoms with Gasteiger partial charge in [-0.1, -0.05) is 49.0 Å². The van der Waals surface area contributed by atoms with E-state index in [-0.39, 0.29) is 23.6 Å². The van der Waals surface area contributed by atoms with Crippen LogP contribution in [0.1, 0.15) is 46.8 Å². The number of nitrogens with zero attached hydrogens (tertiary/aromatic N) is 3. The molecule has 1 atom stereocenters. The zero-order chi connectivity index (χ0) is 24.2. The lowest BCUT2D eigenvalue weighted by molar-refractivity contribution is 0.187. The molecule has 4 aromatic rings. The molecule has 2 aliphatic rings. The van der Waals surface area contributed by atoms with Crippen molar-refractivity contribution in [1.29, 1.82) is 0 Å². The number of aromatic amines is 2. The number of fused-ring (bicyclic) bond motifs is 2. The van der Waals surface area contributed by atoms with E-state index in [4.69, 9.17) is 10.7 Å². The monoisotopic (exact) mass is 468 g/mol. The van der Waals surface area contributed by atoms with Crippen LogP contribution in [-0.4, -0.2) is 38.4 Å². The molecule has 0 bridgehead atoms. The average Bonchev–Trinajstić information content (AvgIpc) is 3.44. The van der Waals surface area contributed by atoms with Crippen LogP contribution >= 0.6 is 0 Å². The third-order valence-electron chi connectivity index (χ3n) is 7.81. The van der Waals surface area contributed by atoms with Gasteiger partial charge in [0.15, 0.2) is 5.65 Å². The summed E-state index contributed by atoms with van der Waals surface area (Å²) in [5.41, 5.74) is 12.2. The van der Waals surface area contributed by atoms with E-state index >= 15 is 0 Å². The van der Waals surface area contributed by atoms with E-state index in [2.05, 4.69) is 50.9 Å². The van der Waals surface area contributed by atoms with Gasteiger partial charge in [-0.05, 0) is 53.0 Å². The van der Waals surface area contributed by atoms with Crippen molar-refractivity contribution in [2.45, 2.75) is 31.9 Å². The van der Waals surface area contributed by atoms with Crippen molar-refractivity contribution in [3.8, 4) is 0 Å². The van der Waals surface area contributed by atoms with Crippen LogP contribution in [0.15, 0.2) is 59.9 Å². The fraction of sp³-hybridized carbons (Fsp3) is 0.296. The zero-order valence-electron chi connectivity index (χ0n) is 19.4. The number of piperidine rings is 1. The molecule has 2 aromatic carbocycles. The number of H-pyrrole nitrogens is 2. The first-order valence-corrected chi connectivity index (χ1v) is 12.0. The van der Waals surface area contributed by atoms with E-state index in [9.17, 15) is 9.90 Å². The number of aliphatic hydroxyl groups is 1. The van der Waals surface area contributed by atoms with Crippen LogP contribution in [0, 0.1) is 5.41 Å². The number of aliphatic hydroxyl groups excluding tert-OH is 1. The van der Waals surface area contributed by atoms with E-state index in [0.29, 0.717) is 28.2 Å². The molecule has 1 fully saturated rings. The number of nitrogens with one attached hydrogen (secondary N) is 2. The number of anilines is 1. The number of hydrogen-bond acceptors (Lipinski definition) is 6. The van der Waals surface area contributed by atoms with Crippen molar-refractivity contribution in [3.05, 3.63) is 93.4 Å². The molecule has 35 heavy (non-hydrogen) atoms. The van der Waals surface area contributed by atoms with Crippen LogP contribution < -0.4 is 16.2 Å². The molecule has 1 aliphatic carbocycles. The van der Waals surface area contributed by atoms with Gasteiger partial charge in [-0.15, -0.1) is 0 Å². The smallest absolute Gasteiger partial charge is 0.264 e. The SMILES string of the molecule is C=C(c1cccc(CO)c1)c1n[nH]c2nc(N3CCC4(CC3)Cc3ccccc3[C@H]4N)[nH]c(=O)c12. The predicted molar refractivity (Wildman–Crippen MR) is 136 cm³/mol. The Labute approximate surface area is 202 Å². The van der Waals surface area contributed by atoms with E-state index in [0.717, 1.165) is 43.5 Å². The summed E-state index contributed by atoms with van der Waals surface area (Å²) < 4.78 is 0. The van der Waals surface area contributed by atoms with Gasteiger partial charge in [-0.3, -0.25) is 14.9 Å². The lowest BCUT2D eigenvalue weighted by Gasteiger charge is -2.42. The van der Waals surface area contributed by atoms with Gasteiger partial charge in [0, 0.05) is 24.7 Å². The van der Waals surface area contributed by atoms with Gasteiger partial charge >= 0.3 is 0 Å². The fourth-order valence-electron chi connectivity index (χ4n) is 5.76. The summed E-state index contributed by atoms with van der Waals surface area (Å²) in [7, 11) is 0. The summed E-state index contributed by atoms with van der Waals surface area (Å²) in [6.45, 7) is 5.63. The Hall–Kier alpha value is -3.75. The van der Waals surface area contributed by atoms with Gasteiger partial charge < -0.3 is 15.7 Å². The lowest BCUT2D eigenvalue weighted by Crippen LogP contribution is -2.45. The Morgan fingerprint density at radius 2 is 2.00 bits per heavy atom. The summed E-state index contributed by atoms with van der Waals surface area (Å²) in [5.74, 6) is 0.546. The molecule has 8 nitrogen and oxygen atoms in total. The lowest BCUT2D eigenvalue weighted by atomic mass is 9.73. The standard InChI is InChI=1S/C27H28N6O2/c1-16(18-7-4-5-17(13-18)15-34)22-21-24(32-31-22)29-26(30-25(21)35)33-11-9-27(10-12-33)14-19-6-2-3-8-20(19)23(27)28/h2-8,13,23,34H,1,9-12,14-15,28H2,(H2,29,30,31,32,35)/t23-/m1/s1. The highest BCUT2D eigenvalue weighted by Crippen LogP contribution is 2.50. The molecule has 0 amide bonds. The topological polar surface area (TPSA) is 124 Å². The molecule has 5 N–H and O–H groups in total. The maximum atomic E-state index is 13.2. The van der Waals surface area contributed by atoms with Gasteiger partial charge in [-0.25, -0.2) is 0 Å². The van der Waals surface area contributed by atoms with E-state index in [1.807, 2.05) is 24.3 Å².